The lowest BCUT2D eigenvalue weighted by Crippen LogP contribution is -2.12. The van der Waals surface area contributed by atoms with Crippen LogP contribution >= 0.6 is 23.6 Å². The third-order valence-electron chi connectivity index (χ3n) is 4.04. The predicted octanol–water partition coefficient (Wildman–Crippen LogP) is 4.00. The summed E-state index contributed by atoms with van der Waals surface area (Å²) in [7, 11) is 0. The molecule has 0 aliphatic carbocycles. The molecule has 0 saturated carbocycles. The first-order valence-corrected chi connectivity index (χ1v) is 9.77. The second-order valence-corrected chi connectivity index (χ2v) is 7.43. The van der Waals surface area contributed by atoms with E-state index in [2.05, 4.69) is 33.1 Å². The summed E-state index contributed by atoms with van der Waals surface area (Å²) in [6.45, 7) is 6.14. The smallest absolute Gasteiger partial charge is 0.226 e. The first-order valence-electron chi connectivity index (χ1n) is 8.54. The maximum atomic E-state index is 12.3. The molecule has 0 spiro atoms. The van der Waals surface area contributed by atoms with Crippen LogP contribution in [0.4, 0.5) is 5.13 Å². The molecule has 0 atom stereocenters. The highest BCUT2D eigenvalue weighted by molar-refractivity contribution is 7.71. The van der Waals surface area contributed by atoms with Gasteiger partial charge in [-0.3, -0.25) is 14.5 Å². The maximum Gasteiger partial charge on any atom is 0.226 e. The molecular weight excluding hydrogens is 392 g/mol. The Morgan fingerprint density at radius 2 is 2.21 bits per heavy atom. The lowest BCUT2D eigenvalue weighted by molar-refractivity contribution is -0.116. The third-order valence-corrected chi connectivity index (χ3v) is 5.42. The van der Waals surface area contributed by atoms with Gasteiger partial charge in [-0.15, -0.1) is 6.58 Å². The van der Waals surface area contributed by atoms with Gasteiger partial charge in [-0.1, -0.05) is 29.5 Å². The summed E-state index contributed by atoms with van der Waals surface area (Å²) in [5, 5.41) is 19.3. The summed E-state index contributed by atoms with van der Waals surface area (Å²) >= 11 is 6.61. The first kappa shape index (κ1) is 19.7. The first-order chi connectivity index (χ1) is 13.5. The summed E-state index contributed by atoms with van der Waals surface area (Å²) in [4.78, 5) is 17.6. The van der Waals surface area contributed by atoms with Crippen molar-refractivity contribution in [2.75, 3.05) is 5.32 Å². The second-order valence-electron chi connectivity index (χ2n) is 6.04. The van der Waals surface area contributed by atoms with Gasteiger partial charge < -0.3 is 5.32 Å². The Morgan fingerprint density at radius 1 is 1.46 bits per heavy atom. The Balaban J connectivity index is 1.67. The molecular formula is C19H18N6OS2. The van der Waals surface area contributed by atoms with Crippen molar-refractivity contribution in [2.24, 2.45) is 0 Å². The van der Waals surface area contributed by atoms with E-state index in [1.807, 2.05) is 23.6 Å². The lowest BCUT2D eigenvalue weighted by Gasteiger charge is -2.02. The largest absolute Gasteiger partial charge is 0.302 e. The van der Waals surface area contributed by atoms with Crippen LogP contribution in [0.3, 0.4) is 0 Å². The van der Waals surface area contributed by atoms with Crippen LogP contribution in [0.15, 0.2) is 36.9 Å². The van der Waals surface area contributed by atoms with Gasteiger partial charge in [0.25, 0.3) is 0 Å². The minimum Gasteiger partial charge on any atom is -0.302 e. The van der Waals surface area contributed by atoms with Crippen LogP contribution in [0.1, 0.15) is 23.2 Å². The standard InChI is InChI=1S/C19H18N6OS2/c1-3-10-25-17(23-24-19(25)27)16-12(2)21-18(28-16)22-15(26)9-8-13-4-6-14(11-20)7-5-13/h3-7H,1,8-10H2,2H3,(H,24,27)(H,21,22,26). The number of anilines is 1. The molecule has 3 rings (SSSR count). The van der Waals surface area contributed by atoms with E-state index in [4.69, 9.17) is 17.5 Å². The molecule has 0 radical (unpaired) electrons. The van der Waals surface area contributed by atoms with Crippen LogP contribution in [0.5, 0.6) is 0 Å². The zero-order chi connectivity index (χ0) is 20.1. The number of carbonyl (C=O) groups is 1. The number of aryl methyl sites for hydroxylation is 2. The molecule has 2 heterocycles. The number of nitriles is 1. The number of amides is 1. The van der Waals surface area contributed by atoms with E-state index < -0.39 is 0 Å². The zero-order valence-electron chi connectivity index (χ0n) is 15.2. The monoisotopic (exact) mass is 410 g/mol. The fraction of sp³-hybridized carbons (Fsp3) is 0.211. The minimum absolute atomic E-state index is 0.116. The lowest BCUT2D eigenvalue weighted by atomic mass is 10.1. The number of thiazole rings is 1. The van der Waals surface area contributed by atoms with Gasteiger partial charge in [-0.2, -0.15) is 10.4 Å². The van der Waals surface area contributed by atoms with E-state index in [1.165, 1.54) is 11.3 Å². The molecule has 2 N–H and O–H groups in total. The Kier molecular flexibility index (Phi) is 6.13. The Hall–Kier alpha value is -3.09. The molecule has 28 heavy (non-hydrogen) atoms. The summed E-state index contributed by atoms with van der Waals surface area (Å²) in [6.07, 6.45) is 2.67. The molecule has 0 bridgehead atoms. The highest BCUT2D eigenvalue weighted by Crippen LogP contribution is 2.31. The number of allylic oxidation sites excluding steroid dienone is 1. The van der Waals surface area contributed by atoms with Crippen LogP contribution in [-0.2, 0) is 17.8 Å². The van der Waals surface area contributed by atoms with Gasteiger partial charge in [0.05, 0.1) is 22.2 Å². The van der Waals surface area contributed by atoms with Crippen molar-refractivity contribution in [2.45, 2.75) is 26.3 Å². The number of benzene rings is 1. The van der Waals surface area contributed by atoms with E-state index >= 15 is 0 Å². The number of hydrogen-bond donors (Lipinski definition) is 2. The minimum atomic E-state index is -0.116. The van der Waals surface area contributed by atoms with Crippen LogP contribution in [0, 0.1) is 23.0 Å². The van der Waals surface area contributed by atoms with Crippen LogP contribution in [-0.4, -0.2) is 25.7 Å². The molecule has 0 aliphatic heterocycles. The van der Waals surface area contributed by atoms with Gasteiger partial charge in [-0.25, -0.2) is 4.98 Å². The third kappa shape index (κ3) is 4.42. The molecule has 0 fully saturated rings. The molecule has 1 aromatic carbocycles. The van der Waals surface area contributed by atoms with Crippen molar-refractivity contribution >= 4 is 34.6 Å². The second kappa shape index (κ2) is 8.73. The number of carbonyl (C=O) groups excluding carboxylic acids is 1. The average molecular weight is 411 g/mol. The van der Waals surface area contributed by atoms with Crippen molar-refractivity contribution in [1.29, 1.82) is 5.26 Å². The molecule has 9 heteroatoms. The Morgan fingerprint density at radius 3 is 2.89 bits per heavy atom. The molecule has 0 aliphatic rings. The highest BCUT2D eigenvalue weighted by atomic mass is 32.1. The van der Waals surface area contributed by atoms with Crippen molar-refractivity contribution < 1.29 is 4.79 Å². The maximum absolute atomic E-state index is 12.3. The number of nitrogens with zero attached hydrogens (tertiary/aromatic N) is 4. The fourth-order valence-electron chi connectivity index (χ4n) is 2.63. The van der Waals surface area contributed by atoms with Crippen molar-refractivity contribution in [3.8, 4) is 16.8 Å². The fourth-order valence-corrected chi connectivity index (χ4v) is 3.82. The van der Waals surface area contributed by atoms with Gasteiger partial charge in [0.2, 0.25) is 5.91 Å². The number of rotatable bonds is 7. The number of nitrogens with one attached hydrogen (secondary N) is 2. The van der Waals surface area contributed by atoms with Gasteiger partial charge >= 0.3 is 0 Å². The van der Waals surface area contributed by atoms with Crippen molar-refractivity contribution in [3.05, 3.63) is 58.5 Å². The van der Waals surface area contributed by atoms with Gasteiger partial charge in [0.1, 0.15) is 0 Å². The van der Waals surface area contributed by atoms with E-state index in [0.717, 1.165) is 16.1 Å². The van der Waals surface area contributed by atoms with Crippen molar-refractivity contribution in [3.63, 3.8) is 0 Å². The Bertz CT molecular complexity index is 1100. The quantitative estimate of drug-likeness (QED) is 0.453. The van der Waals surface area contributed by atoms with Gasteiger partial charge in [0, 0.05) is 13.0 Å². The Labute approximate surface area is 171 Å². The molecule has 0 saturated heterocycles. The topological polar surface area (TPSA) is 99.4 Å². The number of aromatic nitrogens is 4. The van der Waals surface area contributed by atoms with Crippen LogP contribution < -0.4 is 5.32 Å². The van der Waals surface area contributed by atoms with Crippen LogP contribution in [0.25, 0.3) is 10.7 Å². The number of aromatic amines is 1. The molecule has 142 valence electrons. The van der Waals surface area contributed by atoms with Crippen LogP contribution in [0.2, 0.25) is 0 Å². The van der Waals surface area contributed by atoms with E-state index in [1.54, 1.807) is 18.2 Å². The molecule has 2 aromatic heterocycles. The predicted molar refractivity (Wildman–Crippen MR) is 112 cm³/mol. The molecule has 7 nitrogen and oxygen atoms in total. The zero-order valence-corrected chi connectivity index (χ0v) is 16.9. The summed E-state index contributed by atoms with van der Waals surface area (Å²) in [5.41, 5.74) is 2.38. The summed E-state index contributed by atoms with van der Waals surface area (Å²) in [6, 6.07) is 9.30. The highest BCUT2D eigenvalue weighted by Gasteiger charge is 2.17. The van der Waals surface area contributed by atoms with Gasteiger partial charge in [0.15, 0.2) is 15.7 Å². The van der Waals surface area contributed by atoms with E-state index in [9.17, 15) is 4.79 Å². The van der Waals surface area contributed by atoms with Crippen molar-refractivity contribution in [1.82, 2.24) is 19.7 Å². The van der Waals surface area contributed by atoms with E-state index in [-0.39, 0.29) is 5.91 Å². The molecule has 3 aromatic rings. The number of hydrogen-bond acceptors (Lipinski definition) is 6. The SMILES string of the molecule is C=CCn1c(-c2sc(NC(=O)CCc3ccc(C#N)cc3)nc2C)n[nH]c1=S. The normalized spacial score (nSPS) is 10.4. The average Bonchev–Trinajstić information content (AvgIpc) is 3.23. The number of H-pyrrole nitrogens is 1. The van der Waals surface area contributed by atoms with E-state index in [0.29, 0.717) is 40.7 Å². The van der Waals surface area contributed by atoms with Gasteiger partial charge in [-0.05, 0) is 43.3 Å². The molecule has 1 amide bonds. The molecule has 0 unspecified atom stereocenters. The summed E-state index contributed by atoms with van der Waals surface area (Å²) in [5.74, 6) is 0.563. The summed E-state index contributed by atoms with van der Waals surface area (Å²) < 4.78 is 2.34.